The maximum absolute atomic E-state index is 11.0. The zero-order valence-corrected chi connectivity index (χ0v) is 17.4. The zero-order valence-electron chi connectivity index (χ0n) is 17.4. The van der Waals surface area contributed by atoms with Crippen molar-refractivity contribution in [1.29, 1.82) is 0 Å². The first-order valence-corrected chi connectivity index (χ1v) is 10.6. The van der Waals surface area contributed by atoms with Gasteiger partial charge in [0.15, 0.2) is 0 Å². The summed E-state index contributed by atoms with van der Waals surface area (Å²) in [6.07, 6.45) is 3.94. The number of aliphatic carboxylic acids is 2. The molecular weight excluding hydrogens is 427 g/mol. The summed E-state index contributed by atoms with van der Waals surface area (Å²) in [4.78, 5) is 24.6. The van der Waals surface area contributed by atoms with E-state index < -0.39 is 18.1 Å². The molecule has 1 fully saturated rings. The first kappa shape index (κ1) is 23.6. The smallest absolute Gasteiger partial charge is 0.481 e. The summed E-state index contributed by atoms with van der Waals surface area (Å²) in [6, 6.07) is 8.87. The van der Waals surface area contributed by atoms with E-state index in [9.17, 15) is 18.0 Å². The minimum Gasteiger partial charge on any atom is -0.481 e. The Hall–Kier alpha value is -3.04. The van der Waals surface area contributed by atoms with Crippen LogP contribution in [0.5, 0.6) is 0 Å². The molecular formula is C22H26F3N3O4. The molecule has 1 aliphatic heterocycles. The van der Waals surface area contributed by atoms with Gasteiger partial charge in [-0.15, -0.1) is 0 Å². The summed E-state index contributed by atoms with van der Waals surface area (Å²) in [5, 5.41) is 19.8. The van der Waals surface area contributed by atoms with Gasteiger partial charge in [0.1, 0.15) is 5.82 Å². The predicted octanol–water partition coefficient (Wildman–Crippen LogP) is 4.58. The van der Waals surface area contributed by atoms with Crippen LogP contribution in [-0.4, -0.2) is 43.9 Å². The van der Waals surface area contributed by atoms with E-state index in [1.165, 1.54) is 18.5 Å². The van der Waals surface area contributed by atoms with Crippen LogP contribution in [0.1, 0.15) is 44.2 Å². The molecule has 0 atom stereocenters. The van der Waals surface area contributed by atoms with Crippen LogP contribution >= 0.6 is 0 Å². The van der Waals surface area contributed by atoms with E-state index in [0.717, 1.165) is 55.7 Å². The highest BCUT2D eigenvalue weighted by Crippen LogP contribution is 2.29. The van der Waals surface area contributed by atoms with E-state index >= 15 is 0 Å². The zero-order chi connectivity index (χ0) is 23.3. The highest BCUT2D eigenvalue weighted by Gasteiger charge is 2.38. The molecule has 0 radical (unpaired) electrons. The van der Waals surface area contributed by atoms with Crippen molar-refractivity contribution in [1.82, 2.24) is 9.55 Å². The Morgan fingerprint density at radius 3 is 2.22 bits per heavy atom. The van der Waals surface area contributed by atoms with Crippen molar-refractivity contribution in [2.45, 2.75) is 63.7 Å². The second-order valence-electron chi connectivity index (χ2n) is 8.09. The van der Waals surface area contributed by atoms with Gasteiger partial charge in [0.25, 0.3) is 0 Å². The Labute approximate surface area is 183 Å². The van der Waals surface area contributed by atoms with E-state index in [2.05, 4.69) is 39.1 Å². The summed E-state index contributed by atoms with van der Waals surface area (Å²) in [5.41, 5.74) is 3.61. The number of benzene rings is 1. The molecule has 3 N–H and O–H groups in total. The third kappa shape index (κ3) is 6.02. The quantitative estimate of drug-likeness (QED) is 0.626. The Balaban J connectivity index is 0.000000360. The number of rotatable bonds is 4. The van der Waals surface area contributed by atoms with Crippen molar-refractivity contribution in [2.75, 3.05) is 5.32 Å². The number of imidazole rings is 1. The third-order valence-electron chi connectivity index (χ3n) is 5.84. The lowest BCUT2D eigenvalue weighted by molar-refractivity contribution is -0.192. The molecule has 1 aromatic carbocycles. The molecule has 1 aliphatic carbocycles. The van der Waals surface area contributed by atoms with Crippen molar-refractivity contribution < 1.29 is 33.0 Å². The van der Waals surface area contributed by atoms with Crippen molar-refractivity contribution >= 4 is 17.6 Å². The molecule has 7 nitrogen and oxygen atoms in total. The maximum atomic E-state index is 11.0. The summed E-state index contributed by atoms with van der Waals surface area (Å²) >= 11 is 0. The molecule has 0 amide bonds. The number of alkyl halides is 3. The highest BCUT2D eigenvalue weighted by atomic mass is 19.4. The molecule has 0 spiro atoms. The van der Waals surface area contributed by atoms with Gasteiger partial charge in [-0.2, -0.15) is 13.2 Å². The van der Waals surface area contributed by atoms with Crippen molar-refractivity contribution in [3.05, 3.63) is 36.2 Å². The lowest BCUT2D eigenvalue weighted by Crippen LogP contribution is -2.29. The van der Waals surface area contributed by atoms with E-state index in [-0.39, 0.29) is 5.92 Å². The molecule has 4 rings (SSSR count). The topological polar surface area (TPSA) is 104 Å². The number of aromatic nitrogens is 2. The minimum absolute atomic E-state index is 0.160. The van der Waals surface area contributed by atoms with Crippen molar-refractivity contribution in [3.63, 3.8) is 0 Å². The van der Waals surface area contributed by atoms with Crippen LogP contribution in [0.2, 0.25) is 0 Å². The molecule has 10 heteroatoms. The van der Waals surface area contributed by atoms with E-state index in [0.29, 0.717) is 6.04 Å². The third-order valence-corrected chi connectivity index (χ3v) is 5.84. The Bertz CT molecular complexity index is 933. The molecule has 2 aromatic rings. The normalized spacial score (nSPS) is 20.5. The fourth-order valence-electron chi connectivity index (χ4n) is 4.10. The molecule has 174 valence electrons. The largest absolute Gasteiger partial charge is 0.490 e. The SMILES string of the molecule is O=C(O)C(F)(F)F.O=C(O)C1CCC(Nc2ccc(-c3ncc4n3CCCC4)cc2)CC1. The number of hydrogen-bond donors (Lipinski definition) is 3. The van der Waals surface area contributed by atoms with Gasteiger partial charge in [0.05, 0.1) is 5.92 Å². The van der Waals surface area contributed by atoms with Gasteiger partial charge in [-0.25, -0.2) is 9.78 Å². The van der Waals surface area contributed by atoms with Crippen LogP contribution < -0.4 is 5.32 Å². The molecule has 0 bridgehead atoms. The van der Waals surface area contributed by atoms with Crippen LogP contribution in [0.15, 0.2) is 30.5 Å². The number of hydrogen-bond acceptors (Lipinski definition) is 4. The van der Waals surface area contributed by atoms with Crippen molar-refractivity contribution in [2.24, 2.45) is 5.92 Å². The average Bonchev–Trinajstić information content (AvgIpc) is 3.19. The van der Waals surface area contributed by atoms with Gasteiger partial charge < -0.3 is 20.1 Å². The molecule has 1 saturated carbocycles. The number of halogens is 3. The standard InChI is InChI=1S/C20H25N3O2.C2HF3O2/c24-20(25)15-6-10-17(11-7-15)22-16-8-4-14(5-9-16)19-21-13-18-3-1-2-12-23(18)19;3-2(4,5)1(6)7/h4-5,8-9,13,15,17,22H,1-3,6-7,10-12H2,(H,24,25);(H,6,7). The van der Waals surface area contributed by atoms with E-state index in [1.54, 1.807) is 0 Å². The lowest BCUT2D eigenvalue weighted by Gasteiger charge is -2.27. The van der Waals surface area contributed by atoms with Crippen LogP contribution in [-0.2, 0) is 22.6 Å². The number of carboxylic acid groups (broad SMARTS) is 2. The fraction of sp³-hybridized carbons (Fsp3) is 0.500. The van der Waals surface area contributed by atoms with Crippen LogP contribution in [0, 0.1) is 5.92 Å². The number of aryl methyl sites for hydroxylation is 1. The average molecular weight is 453 g/mol. The second kappa shape index (κ2) is 10.1. The number of fused-ring (bicyclic) bond motifs is 1. The molecule has 0 unspecified atom stereocenters. The number of anilines is 1. The summed E-state index contributed by atoms with van der Waals surface area (Å²) < 4.78 is 34.1. The van der Waals surface area contributed by atoms with Crippen molar-refractivity contribution in [3.8, 4) is 11.4 Å². The van der Waals surface area contributed by atoms with Gasteiger partial charge in [-0.3, -0.25) is 4.79 Å². The Morgan fingerprint density at radius 2 is 1.66 bits per heavy atom. The number of nitrogens with zero attached hydrogens (tertiary/aromatic N) is 2. The van der Waals surface area contributed by atoms with Crippen LogP contribution in [0.4, 0.5) is 18.9 Å². The van der Waals surface area contributed by atoms with Gasteiger partial charge >= 0.3 is 18.1 Å². The van der Waals surface area contributed by atoms with E-state index in [4.69, 9.17) is 15.0 Å². The number of nitrogens with one attached hydrogen (secondary N) is 1. The first-order valence-electron chi connectivity index (χ1n) is 10.6. The Morgan fingerprint density at radius 1 is 1.03 bits per heavy atom. The highest BCUT2D eigenvalue weighted by molar-refractivity contribution is 5.73. The van der Waals surface area contributed by atoms with Crippen LogP contribution in [0.3, 0.4) is 0 Å². The van der Waals surface area contributed by atoms with Gasteiger partial charge in [-0.05, 0) is 69.2 Å². The summed E-state index contributed by atoms with van der Waals surface area (Å²) in [6.45, 7) is 1.07. The minimum atomic E-state index is -5.08. The van der Waals surface area contributed by atoms with E-state index in [1.807, 2.05) is 6.20 Å². The molecule has 32 heavy (non-hydrogen) atoms. The fourth-order valence-corrected chi connectivity index (χ4v) is 4.10. The summed E-state index contributed by atoms with van der Waals surface area (Å²) in [5.74, 6) is -2.49. The number of carboxylic acids is 2. The first-order chi connectivity index (χ1) is 15.1. The molecule has 2 aliphatic rings. The number of carbonyl (C=O) groups is 2. The molecule has 0 saturated heterocycles. The van der Waals surface area contributed by atoms with Crippen LogP contribution in [0.25, 0.3) is 11.4 Å². The lowest BCUT2D eigenvalue weighted by atomic mass is 9.86. The van der Waals surface area contributed by atoms with Gasteiger partial charge in [0.2, 0.25) is 0 Å². The molecule has 1 aromatic heterocycles. The molecule has 2 heterocycles. The van der Waals surface area contributed by atoms with Gasteiger partial charge in [-0.1, -0.05) is 0 Å². The maximum Gasteiger partial charge on any atom is 0.490 e. The Kier molecular flexibility index (Phi) is 7.42. The van der Waals surface area contributed by atoms with Gasteiger partial charge in [0, 0.05) is 35.7 Å². The second-order valence-corrected chi connectivity index (χ2v) is 8.09. The predicted molar refractivity (Wildman–Crippen MR) is 111 cm³/mol. The summed E-state index contributed by atoms with van der Waals surface area (Å²) in [7, 11) is 0. The monoisotopic (exact) mass is 453 g/mol.